The molecule has 0 unspecified atom stereocenters. The summed E-state index contributed by atoms with van der Waals surface area (Å²) in [6, 6.07) is 13.8. The first kappa shape index (κ1) is 20.9. The van der Waals surface area contributed by atoms with E-state index in [4.69, 9.17) is 9.47 Å². The number of nitrogens with one attached hydrogen (secondary N) is 1. The summed E-state index contributed by atoms with van der Waals surface area (Å²) in [5.41, 5.74) is 1.44. The molecule has 0 saturated carbocycles. The van der Waals surface area contributed by atoms with Crippen molar-refractivity contribution in [3.63, 3.8) is 0 Å². The molecule has 0 bridgehead atoms. The summed E-state index contributed by atoms with van der Waals surface area (Å²) in [6.07, 6.45) is -0.574. The second-order valence-corrected chi connectivity index (χ2v) is 8.37. The van der Waals surface area contributed by atoms with Crippen molar-refractivity contribution in [3.8, 4) is 5.75 Å². The van der Waals surface area contributed by atoms with Crippen LogP contribution in [0.25, 0.3) is 0 Å². The number of rotatable bonds is 6. The molecule has 1 aliphatic rings. The van der Waals surface area contributed by atoms with Gasteiger partial charge in [0.25, 0.3) is 0 Å². The average molecular weight is 420 g/mol. The van der Waals surface area contributed by atoms with E-state index in [0.717, 1.165) is 11.4 Å². The molecular weight excluding hydrogens is 394 g/mol. The maximum atomic E-state index is 13.0. The summed E-state index contributed by atoms with van der Waals surface area (Å²) in [4.78, 5) is 13.8. The molecule has 3 rings (SSSR count). The lowest BCUT2D eigenvalue weighted by Gasteiger charge is -2.35. The van der Waals surface area contributed by atoms with Gasteiger partial charge in [-0.3, -0.25) is 5.32 Å². The van der Waals surface area contributed by atoms with Gasteiger partial charge in [-0.05, 0) is 43.3 Å². The van der Waals surface area contributed by atoms with Crippen LogP contribution in [0.5, 0.6) is 5.75 Å². The van der Waals surface area contributed by atoms with Crippen molar-refractivity contribution in [1.29, 1.82) is 0 Å². The number of amides is 1. The molecule has 0 aromatic heterocycles. The van der Waals surface area contributed by atoms with Crippen molar-refractivity contribution in [1.82, 2.24) is 4.31 Å². The number of benzene rings is 2. The maximum Gasteiger partial charge on any atom is 0.411 e. The Morgan fingerprint density at radius 2 is 1.69 bits per heavy atom. The zero-order valence-electron chi connectivity index (χ0n) is 16.5. The van der Waals surface area contributed by atoms with Gasteiger partial charge in [-0.15, -0.1) is 0 Å². The standard InChI is InChI=1S/C20H25N3O5S/c1-3-28-20(24)21-16-8-10-17(11-9-16)29(25,26)23-14-12-22(13-15-23)18-6-4-5-7-19(18)27-2/h4-11H,3,12-15H2,1-2H3,(H,21,24). The van der Waals surface area contributed by atoms with Gasteiger partial charge in [0.05, 0.1) is 24.3 Å². The summed E-state index contributed by atoms with van der Waals surface area (Å²) in [5, 5.41) is 2.55. The minimum Gasteiger partial charge on any atom is -0.495 e. The van der Waals surface area contributed by atoms with Gasteiger partial charge in [0.1, 0.15) is 5.75 Å². The first-order valence-electron chi connectivity index (χ1n) is 9.37. The van der Waals surface area contributed by atoms with Crippen molar-refractivity contribution in [3.05, 3.63) is 48.5 Å². The molecular formula is C20H25N3O5S. The van der Waals surface area contributed by atoms with Gasteiger partial charge in [0.2, 0.25) is 10.0 Å². The highest BCUT2D eigenvalue weighted by Gasteiger charge is 2.29. The highest BCUT2D eigenvalue weighted by atomic mass is 32.2. The van der Waals surface area contributed by atoms with E-state index in [2.05, 4.69) is 10.2 Å². The Labute approximate surface area is 171 Å². The van der Waals surface area contributed by atoms with Crippen molar-refractivity contribution in [2.45, 2.75) is 11.8 Å². The number of nitrogens with zero attached hydrogens (tertiary/aromatic N) is 2. The first-order chi connectivity index (χ1) is 14.0. The molecule has 1 N–H and O–H groups in total. The van der Waals surface area contributed by atoms with Gasteiger partial charge in [0, 0.05) is 31.9 Å². The van der Waals surface area contributed by atoms with Crippen LogP contribution < -0.4 is 15.0 Å². The number of ether oxygens (including phenoxy) is 2. The number of hydrogen-bond donors (Lipinski definition) is 1. The molecule has 2 aromatic rings. The molecule has 0 spiro atoms. The second-order valence-electron chi connectivity index (χ2n) is 6.43. The molecule has 1 aliphatic heterocycles. The molecule has 2 aromatic carbocycles. The number of para-hydroxylation sites is 2. The van der Waals surface area contributed by atoms with Gasteiger partial charge in [-0.25, -0.2) is 13.2 Å². The van der Waals surface area contributed by atoms with E-state index in [-0.39, 0.29) is 11.5 Å². The van der Waals surface area contributed by atoms with Crippen LogP contribution >= 0.6 is 0 Å². The Balaban J connectivity index is 1.66. The van der Waals surface area contributed by atoms with Gasteiger partial charge in [-0.2, -0.15) is 4.31 Å². The largest absolute Gasteiger partial charge is 0.495 e. The molecule has 29 heavy (non-hydrogen) atoms. The van der Waals surface area contributed by atoms with E-state index >= 15 is 0 Å². The number of sulfonamides is 1. The van der Waals surface area contributed by atoms with Crippen LogP contribution in [0.4, 0.5) is 16.2 Å². The van der Waals surface area contributed by atoms with Crippen LogP contribution in [-0.2, 0) is 14.8 Å². The fourth-order valence-electron chi connectivity index (χ4n) is 3.20. The van der Waals surface area contributed by atoms with Crippen LogP contribution in [0, 0.1) is 0 Å². The lowest BCUT2D eigenvalue weighted by molar-refractivity contribution is 0.168. The van der Waals surface area contributed by atoms with Crippen LogP contribution in [0.3, 0.4) is 0 Å². The van der Waals surface area contributed by atoms with Crippen LogP contribution in [-0.4, -0.2) is 58.7 Å². The molecule has 1 saturated heterocycles. The van der Waals surface area contributed by atoms with Crippen molar-refractivity contribution in [2.24, 2.45) is 0 Å². The Bertz CT molecular complexity index is 939. The molecule has 1 amide bonds. The van der Waals surface area contributed by atoms with Gasteiger partial charge in [-0.1, -0.05) is 12.1 Å². The number of anilines is 2. The van der Waals surface area contributed by atoms with E-state index in [9.17, 15) is 13.2 Å². The van der Waals surface area contributed by atoms with E-state index in [0.29, 0.717) is 31.9 Å². The molecule has 0 radical (unpaired) electrons. The third kappa shape index (κ3) is 4.80. The lowest BCUT2D eigenvalue weighted by Crippen LogP contribution is -2.48. The zero-order chi connectivity index (χ0) is 20.9. The number of hydrogen-bond acceptors (Lipinski definition) is 6. The minimum absolute atomic E-state index is 0.192. The molecule has 156 valence electrons. The predicted molar refractivity (Wildman–Crippen MR) is 111 cm³/mol. The molecule has 8 nitrogen and oxygen atoms in total. The third-order valence-electron chi connectivity index (χ3n) is 4.68. The fraction of sp³-hybridized carbons (Fsp3) is 0.350. The SMILES string of the molecule is CCOC(=O)Nc1ccc(S(=O)(=O)N2CCN(c3ccccc3OC)CC2)cc1. The Kier molecular flexibility index (Phi) is 6.60. The second kappa shape index (κ2) is 9.15. The van der Waals surface area contributed by atoms with E-state index in [1.807, 2.05) is 24.3 Å². The van der Waals surface area contributed by atoms with Crippen molar-refractivity contribution < 1.29 is 22.7 Å². The average Bonchev–Trinajstić information content (AvgIpc) is 2.74. The van der Waals surface area contributed by atoms with E-state index in [1.165, 1.54) is 16.4 Å². The topological polar surface area (TPSA) is 88.2 Å². The molecule has 0 aliphatic carbocycles. The quantitative estimate of drug-likeness (QED) is 0.775. The fourth-order valence-corrected chi connectivity index (χ4v) is 4.63. The van der Waals surface area contributed by atoms with Gasteiger partial charge in [0.15, 0.2) is 0 Å². The number of piperazine rings is 1. The van der Waals surface area contributed by atoms with Crippen LogP contribution in [0.15, 0.2) is 53.4 Å². The smallest absolute Gasteiger partial charge is 0.411 e. The van der Waals surface area contributed by atoms with Gasteiger partial charge >= 0.3 is 6.09 Å². The summed E-state index contributed by atoms with van der Waals surface area (Å²) >= 11 is 0. The number of methoxy groups -OCH3 is 1. The number of carbonyl (C=O) groups excluding carboxylic acids is 1. The summed E-state index contributed by atoms with van der Waals surface area (Å²) < 4.78 is 37.6. The molecule has 1 heterocycles. The van der Waals surface area contributed by atoms with Crippen LogP contribution in [0.2, 0.25) is 0 Å². The van der Waals surface area contributed by atoms with Crippen LogP contribution in [0.1, 0.15) is 6.92 Å². The zero-order valence-corrected chi connectivity index (χ0v) is 17.3. The summed E-state index contributed by atoms with van der Waals surface area (Å²) in [7, 11) is -1.98. The predicted octanol–water partition coefficient (Wildman–Crippen LogP) is 2.77. The summed E-state index contributed by atoms with van der Waals surface area (Å²) in [6.45, 7) is 3.87. The Morgan fingerprint density at radius 3 is 2.31 bits per heavy atom. The Hall–Kier alpha value is -2.78. The highest BCUT2D eigenvalue weighted by molar-refractivity contribution is 7.89. The first-order valence-corrected chi connectivity index (χ1v) is 10.8. The van der Waals surface area contributed by atoms with Crippen molar-refractivity contribution >= 4 is 27.5 Å². The van der Waals surface area contributed by atoms with Crippen molar-refractivity contribution in [2.75, 3.05) is 50.1 Å². The van der Waals surface area contributed by atoms with E-state index < -0.39 is 16.1 Å². The third-order valence-corrected chi connectivity index (χ3v) is 6.59. The highest BCUT2D eigenvalue weighted by Crippen LogP contribution is 2.29. The lowest BCUT2D eigenvalue weighted by atomic mass is 10.2. The summed E-state index contributed by atoms with van der Waals surface area (Å²) in [5.74, 6) is 0.772. The minimum atomic E-state index is -3.61. The normalized spacial score (nSPS) is 15.0. The monoisotopic (exact) mass is 419 g/mol. The molecule has 1 fully saturated rings. The number of carbonyl (C=O) groups is 1. The van der Waals surface area contributed by atoms with Gasteiger partial charge < -0.3 is 14.4 Å². The molecule has 0 atom stereocenters. The van der Waals surface area contributed by atoms with E-state index in [1.54, 1.807) is 26.2 Å². The molecule has 9 heteroatoms. The Morgan fingerprint density at radius 1 is 1.03 bits per heavy atom. The maximum absolute atomic E-state index is 13.0.